The van der Waals surface area contributed by atoms with E-state index in [-0.39, 0.29) is 16.9 Å². The summed E-state index contributed by atoms with van der Waals surface area (Å²) in [5.74, 6) is -1.46. The first-order valence-electron chi connectivity index (χ1n) is 5.72. The number of aldehydes is 1. The minimum Gasteiger partial charge on any atom is -0.507 e. The van der Waals surface area contributed by atoms with Gasteiger partial charge in [0, 0.05) is 0 Å². The molecule has 0 saturated carbocycles. The van der Waals surface area contributed by atoms with E-state index in [0.29, 0.717) is 17.4 Å². The molecule has 0 aliphatic rings. The van der Waals surface area contributed by atoms with Gasteiger partial charge in [-0.2, -0.15) is 0 Å². The minimum atomic E-state index is -0.653. The van der Waals surface area contributed by atoms with E-state index in [9.17, 15) is 19.1 Å². The SMILES string of the molecule is COC(=O)c1cc(F)cc(-c2ccc(C=O)c(O)c2)c1. The standard InChI is InChI=1S/C15H11FO4/c1-20-15(19)12-4-11(5-13(16)6-12)9-2-3-10(8-17)14(18)7-9/h2-8,18H,1H3. The molecule has 0 unspecified atom stereocenters. The van der Waals surface area contributed by atoms with Crippen LogP contribution in [0.25, 0.3) is 11.1 Å². The number of halogens is 1. The Morgan fingerprint density at radius 2 is 1.95 bits per heavy atom. The summed E-state index contributed by atoms with van der Waals surface area (Å²) in [5.41, 5.74) is 1.09. The van der Waals surface area contributed by atoms with Gasteiger partial charge in [-0.15, -0.1) is 0 Å². The lowest BCUT2D eigenvalue weighted by atomic mass is 10.0. The van der Waals surface area contributed by atoms with Crippen LogP contribution in [-0.2, 0) is 4.74 Å². The number of phenolic OH excluding ortho intramolecular Hbond substituents is 1. The number of carbonyl (C=O) groups excluding carboxylic acids is 2. The summed E-state index contributed by atoms with van der Waals surface area (Å²) in [6.07, 6.45) is 0.518. The number of carbonyl (C=O) groups is 2. The summed E-state index contributed by atoms with van der Waals surface area (Å²) in [7, 11) is 1.21. The largest absolute Gasteiger partial charge is 0.507 e. The molecule has 5 heteroatoms. The quantitative estimate of drug-likeness (QED) is 0.690. The van der Waals surface area contributed by atoms with Crippen LogP contribution in [0.5, 0.6) is 5.75 Å². The summed E-state index contributed by atoms with van der Waals surface area (Å²) in [5, 5.41) is 9.63. The highest BCUT2D eigenvalue weighted by molar-refractivity contribution is 5.91. The summed E-state index contributed by atoms with van der Waals surface area (Å²) >= 11 is 0. The number of hydrogen-bond acceptors (Lipinski definition) is 4. The van der Waals surface area contributed by atoms with Crippen LogP contribution in [0.3, 0.4) is 0 Å². The fourth-order valence-corrected chi connectivity index (χ4v) is 1.81. The zero-order chi connectivity index (χ0) is 14.7. The molecular weight excluding hydrogens is 263 g/mol. The molecule has 2 rings (SSSR count). The maximum absolute atomic E-state index is 13.5. The summed E-state index contributed by atoms with van der Waals surface area (Å²) in [6, 6.07) is 8.04. The van der Waals surface area contributed by atoms with Gasteiger partial charge in [-0.25, -0.2) is 9.18 Å². The zero-order valence-corrected chi connectivity index (χ0v) is 10.6. The number of methoxy groups -OCH3 is 1. The van der Waals surface area contributed by atoms with E-state index >= 15 is 0 Å². The highest BCUT2D eigenvalue weighted by atomic mass is 19.1. The lowest BCUT2D eigenvalue weighted by molar-refractivity contribution is 0.0600. The van der Waals surface area contributed by atoms with Gasteiger partial charge in [0.15, 0.2) is 6.29 Å². The van der Waals surface area contributed by atoms with Gasteiger partial charge in [-0.1, -0.05) is 6.07 Å². The average Bonchev–Trinajstić information content (AvgIpc) is 2.45. The maximum Gasteiger partial charge on any atom is 0.337 e. The van der Waals surface area contributed by atoms with Crippen molar-refractivity contribution in [2.75, 3.05) is 7.11 Å². The molecule has 0 spiro atoms. The Balaban J connectivity index is 2.52. The first-order chi connectivity index (χ1) is 9.55. The molecule has 0 bridgehead atoms. The number of esters is 1. The van der Waals surface area contributed by atoms with Gasteiger partial charge in [0.05, 0.1) is 18.2 Å². The highest BCUT2D eigenvalue weighted by Crippen LogP contribution is 2.27. The van der Waals surface area contributed by atoms with E-state index in [0.717, 1.165) is 6.07 Å². The second-order valence-electron chi connectivity index (χ2n) is 4.11. The van der Waals surface area contributed by atoms with Gasteiger partial charge in [0.2, 0.25) is 0 Å². The van der Waals surface area contributed by atoms with E-state index in [1.807, 2.05) is 0 Å². The molecule has 2 aromatic carbocycles. The van der Waals surface area contributed by atoms with Crippen LogP contribution in [0.4, 0.5) is 4.39 Å². The van der Waals surface area contributed by atoms with Gasteiger partial charge in [0.25, 0.3) is 0 Å². The van der Waals surface area contributed by atoms with E-state index in [4.69, 9.17) is 0 Å². The number of benzene rings is 2. The van der Waals surface area contributed by atoms with E-state index in [1.54, 1.807) is 6.07 Å². The van der Waals surface area contributed by atoms with Crippen LogP contribution in [0.15, 0.2) is 36.4 Å². The predicted molar refractivity (Wildman–Crippen MR) is 70.2 cm³/mol. The topological polar surface area (TPSA) is 63.6 Å². The van der Waals surface area contributed by atoms with Crippen LogP contribution in [0, 0.1) is 5.82 Å². The van der Waals surface area contributed by atoms with Gasteiger partial charge in [0.1, 0.15) is 11.6 Å². The number of rotatable bonds is 3. The van der Waals surface area contributed by atoms with Gasteiger partial charge < -0.3 is 9.84 Å². The molecule has 20 heavy (non-hydrogen) atoms. The molecule has 0 saturated heterocycles. The van der Waals surface area contributed by atoms with Crippen molar-refractivity contribution in [3.05, 3.63) is 53.3 Å². The molecule has 102 valence electrons. The lowest BCUT2D eigenvalue weighted by Crippen LogP contribution is -2.02. The number of aromatic hydroxyl groups is 1. The summed E-state index contributed by atoms with van der Waals surface area (Å²) < 4.78 is 18.1. The Morgan fingerprint density at radius 1 is 1.20 bits per heavy atom. The third-order valence-electron chi connectivity index (χ3n) is 2.81. The van der Waals surface area contributed by atoms with E-state index in [2.05, 4.69) is 4.74 Å². The Kier molecular flexibility index (Phi) is 3.79. The minimum absolute atomic E-state index is 0.0708. The van der Waals surface area contributed by atoms with Crippen LogP contribution in [0.1, 0.15) is 20.7 Å². The number of ether oxygens (including phenoxy) is 1. The normalized spacial score (nSPS) is 10.1. The van der Waals surface area contributed by atoms with Crippen LogP contribution in [0.2, 0.25) is 0 Å². The maximum atomic E-state index is 13.5. The van der Waals surface area contributed by atoms with E-state index < -0.39 is 11.8 Å². The van der Waals surface area contributed by atoms with Crippen LogP contribution >= 0.6 is 0 Å². The molecule has 0 heterocycles. The molecule has 0 fully saturated rings. The van der Waals surface area contributed by atoms with Crippen molar-refractivity contribution in [3.8, 4) is 16.9 Å². The molecule has 0 aromatic heterocycles. The molecule has 0 aliphatic heterocycles. The van der Waals surface area contributed by atoms with Crippen molar-refractivity contribution in [3.63, 3.8) is 0 Å². The summed E-state index contributed by atoms with van der Waals surface area (Å²) in [4.78, 5) is 22.1. The van der Waals surface area contributed by atoms with Gasteiger partial charge >= 0.3 is 5.97 Å². The van der Waals surface area contributed by atoms with Gasteiger partial charge in [-0.05, 0) is 41.5 Å². The monoisotopic (exact) mass is 274 g/mol. The molecular formula is C15H11FO4. The highest BCUT2D eigenvalue weighted by Gasteiger charge is 2.11. The Hall–Kier alpha value is -2.69. The fraction of sp³-hybridized carbons (Fsp3) is 0.0667. The van der Waals surface area contributed by atoms with Crippen molar-refractivity contribution in [2.45, 2.75) is 0 Å². The van der Waals surface area contributed by atoms with Crippen LogP contribution in [-0.4, -0.2) is 24.5 Å². The van der Waals surface area contributed by atoms with E-state index in [1.165, 1.54) is 31.4 Å². The van der Waals surface area contributed by atoms with Crippen molar-refractivity contribution in [2.24, 2.45) is 0 Å². The smallest absolute Gasteiger partial charge is 0.337 e. The third-order valence-corrected chi connectivity index (χ3v) is 2.81. The number of hydrogen-bond donors (Lipinski definition) is 1. The molecule has 0 atom stereocenters. The molecule has 0 radical (unpaired) electrons. The van der Waals surface area contributed by atoms with Crippen molar-refractivity contribution in [1.82, 2.24) is 0 Å². The first-order valence-corrected chi connectivity index (χ1v) is 5.72. The molecule has 2 aromatic rings. The van der Waals surface area contributed by atoms with Crippen molar-refractivity contribution >= 4 is 12.3 Å². The number of phenols is 1. The average molecular weight is 274 g/mol. The Morgan fingerprint density at radius 3 is 2.55 bits per heavy atom. The first kappa shape index (κ1) is 13.7. The predicted octanol–water partition coefficient (Wildman–Crippen LogP) is 2.80. The molecule has 4 nitrogen and oxygen atoms in total. The van der Waals surface area contributed by atoms with Crippen LogP contribution < -0.4 is 0 Å². The summed E-state index contributed by atoms with van der Waals surface area (Å²) in [6.45, 7) is 0. The second kappa shape index (κ2) is 5.52. The third kappa shape index (κ3) is 2.66. The molecule has 0 aliphatic carbocycles. The van der Waals surface area contributed by atoms with Crippen molar-refractivity contribution in [1.29, 1.82) is 0 Å². The van der Waals surface area contributed by atoms with Gasteiger partial charge in [-0.3, -0.25) is 4.79 Å². The fourth-order valence-electron chi connectivity index (χ4n) is 1.81. The Labute approximate surface area is 114 Å². The van der Waals surface area contributed by atoms with Crippen molar-refractivity contribution < 1.29 is 23.8 Å². The second-order valence-corrected chi connectivity index (χ2v) is 4.11. The molecule has 0 amide bonds. The Bertz CT molecular complexity index is 680. The zero-order valence-electron chi connectivity index (χ0n) is 10.6. The molecule has 1 N–H and O–H groups in total. The lowest BCUT2D eigenvalue weighted by Gasteiger charge is -2.07.